The average molecular weight is 393 g/mol. The third kappa shape index (κ3) is 5.50. The summed E-state index contributed by atoms with van der Waals surface area (Å²) in [5.41, 5.74) is 1.07. The maximum absolute atomic E-state index is 12.2. The summed E-state index contributed by atoms with van der Waals surface area (Å²) in [6.45, 7) is 6.15. The Hall–Kier alpha value is -0.520. The molecule has 24 heavy (non-hydrogen) atoms. The van der Waals surface area contributed by atoms with Gasteiger partial charge in [0.25, 0.3) is 0 Å². The van der Waals surface area contributed by atoms with Gasteiger partial charge in [0.05, 0.1) is 0 Å². The first-order chi connectivity index (χ1) is 11.1. The molecule has 1 aliphatic carbocycles. The maximum Gasteiger partial charge on any atom is 0.223 e. The first-order valence-electron chi connectivity index (χ1n) is 8.30. The van der Waals surface area contributed by atoms with E-state index in [1.807, 2.05) is 12.1 Å². The Morgan fingerprint density at radius 1 is 1.21 bits per heavy atom. The highest BCUT2D eigenvalue weighted by atomic mass is 35.5. The third-order valence-corrected chi connectivity index (χ3v) is 5.04. The lowest BCUT2D eigenvalue weighted by molar-refractivity contribution is -0.122. The lowest BCUT2D eigenvalue weighted by Gasteiger charge is -2.27. The summed E-state index contributed by atoms with van der Waals surface area (Å²) in [6, 6.07) is 5.55. The Labute approximate surface area is 159 Å². The SMILES string of the molecule is Cl.O=C(NCCCN1CCNCC1)C1CC1c1cc(Cl)cc(Cl)c1. The van der Waals surface area contributed by atoms with E-state index in [0.717, 1.165) is 57.7 Å². The van der Waals surface area contributed by atoms with Crippen molar-refractivity contribution in [3.05, 3.63) is 33.8 Å². The van der Waals surface area contributed by atoms with E-state index in [1.165, 1.54) is 0 Å². The van der Waals surface area contributed by atoms with Crippen LogP contribution in [0.2, 0.25) is 10.0 Å². The van der Waals surface area contributed by atoms with Crippen LogP contribution >= 0.6 is 35.6 Å². The quantitative estimate of drug-likeness (QED) is 0.732. The van der Waals surface area contributed by atoms with Crippen molar-refractivity contribution in [3.8, 4) is 0 Å². The smallest absolute Gasteiger partial charge is 0.223 e. The van der Waals surface area contributed by atoms with Crippen molar-refractivity contribution in [3.63, 3.8) is 0 Å². The minimum Gasteiger partial charge on any atom is -0.356 e. The number of amides is 1. The monoisotopic (exact) mass is 391 g/mol. The Morgan fingerprint density at radius 2 is 1.88 bits per heavy atom. The summed E-state index contributed by atoms with van der Waals surface area (Å²) in [5.74, 6) is 0.495. The predicted octanol–water partition coefficient (Wildman–Crippen LogP) is 2.93. The van der Waals surface area contributed by atoms with Crippen LogP contribution in [-0.4, -0.2) is 50.1 Å². The van der Waals surface area contributed by atoms with Gasteiger partial charge in [0.15, 0.2) is 0 Å². The Bertz CT molecular complexity index is 544. The van der Waals surface area contributed by atoms with Crippen LogP contribution in [0.5, 0.6) is 0 Å². The van der Waals surface area contributed by atoms with Gasteiger partial charge >= 0.3 is 0 Å². The molecule has 0 spiro atoms. The molecular weight excluding hydrogens is 369 g/mol. The summed E-state index contributed by atoms with van der Waals surface area (Å²) in [5, 5.41) is 7.68. The molecule has 134 valence electrons. The van der Waals surface area contributed by atoms with Gasteiger partial charge in [-0.15, -0.1) is 12.4 Å². The second-order valence-corrected chi connectivity index (χ2v) is 7.26. The Morgan fingerprint density at radius 3 is 2.54 bits per heavy atom. The van der Waals surface area contributed by atoms with Crippen LogP contribution < -0.4 is 10.6 Å². The molecule has 2 fully saturated rings. The molecule has 3 rings (SSSR count). The minimum absolute atomic E-state index is 0. The molecular formula is C17H24Cl3N3O. The fourth-order valence-corrected chi connectivity index (χ4v) is 3.77. The number of hydrogen-bond donors (Lipinski definition) is 2. The van der Waals surface area contributed by atoms with E-state index in [9.17, 15) is 4.79 Å². The van der Waals surface area contributed by atoms with E-state index >= 15 is 0 Å². The summed E-state index contributed by atoms with van der Waals surface area (Å²) in [6.07, 6.45) is 1.90. The van der Waals surface area contributed by atoms with E-state index in [2.05, 4.69) is 15.5 Å². The topological polar surface area (TPSA) is 44.4 Å². The lowest BCUT2D eigenvalue weighted by Crippen LogP contribution is -2.44. The second kappa shape index (κ2) is 9.25. The Kier molecular flexibility index (Phi) is 7.63. The van der Waals surface area contributed by atoms with Gasteiger partial charge in [-0.05, 0) is 49.1 Å². The van der Waals surface area contributed by atoms with Crippen molar-refractivity contribution < 1.29 is 4.79 Å². The molecule has 1 amide bonds. The van der Waals surface area contributed by atoms with Crippen LogP contribution in [0.25, 0.3) is 0 Å². The fraction of sp³-hybridized carbons (Fsp3) is 0.588. The maximum atomic E-state index is 12.2. The molecule has 1 saturated carbocycles. The van der Waals surface area contributed by atoms with Crippen molar-refractivity contribution in [2.45, 2.75) is 18.8 Å². The second-order valence-electron chi connectivity index (χ2n) is 6.39. The van der Waals surface area contributed by atoms with E-state index in [0.29, 0.717) is 10.0 Å². The molecule has 1 heterocycles. The van der Waals surface area contributed by atoms with Crippen molar-refractivity contribution in [2.24, 2.45) is 5.92 Å². The molecule has 1 aliphatic heterocycles. The summed E-state index contributed by atoms with van der Waals surface area (Å²) < 4.78 is 0. The molecule has 1 aromatic rings. The first kappa shape index (κ1) is 19.8. The van der Waals surface area contributed by atoms with Crippen molar-refractivity contribution >= 4 is 41.5 Å². The van der Waals surface area contributed by atoms with Crippen LogP contribution in [-0.2, 0) is 4.79 Å². The normalized spacial score (nSPS) is 23.4. The fourth-order valence-electron chi connectivity index (χ4n) is 3.22. The number of nitrogens with zero attached hydrogens (tertiary/aromatic N) is 1. The summed E-state index contributed by atoms with van der Waals surface area (Å²) >= 11 is 12.1. The molecule has 1 aromatic carbocycles. The summed E-state index contributed by atoms with van der Waals surface area (Å²) in [7, 11) is 0. The zero-order valence-corrected chi connectivity index (χ0v) is 15.9. The van der Waals surface area contributed by atoms with Crippen LogP contribution in [0.4, 0.5) is 0 Å². The van der Waals surface area contributed by atoms with Crippen LogP contribution in [0.1, 0.15) is 24.3 Å². The number of benzene rings is 1. The van der Waals surface area contributed by atoms with E-state index in [-0.39, 0.29) is 30.2 Å². The van der Waals surface area contributed by atoms with Gasteiger partial charge in [0.2, 0.25) is 5.91 Å². The lowest BCUT2D eigenvalue weighted by atomic mass is 10.1. The predicted molar refractivity (Wildman–Crippen MR) is 101 cm³/mol. The van der Waals surface area contributed by atoms with Gasteiger partial charge in [-0.2, -0.15) is 0 Å². The number of halogens is 3. The van der Waals surface area contributed by atoms with Crippen LogP contribution in [0, 0.1) is 5.92 Å². The van der Waals surface area contributed by atoms with Crippen molar-refractivity contribution in [2.75, 3.05) is 39.3 Å². The molecule has 7 heteroatoms. The zero-order chi connectivity index (χ0) is 16.2. The van der Waals surface area contributed by atoms with Gasteiger partial charge < -0.3 is 15.5 Å². The Balaban J connectivity index is 0.00000208. The summed E-state index contributed by atoms with van der Waals surface area (Å²) in [4.78, 5) is 14.7. The number of hydrogen-bond acceptors (Lipinski definition) is 3. The van der Waals surface area contributed by atoms with Gasteiger partial charge in [0, 0.05) is 48.7 Å². The highest BCUT2D eigenvalue weighted by Gasteiger charge is 2.43. The zero-order valence-electron chi connectivity index (χ0n) is 13.6. The molecule has 2 aliphatic rings. The van der Waals surface area contributed by atoms with Crippen molar-refractivity contribution in [1.82, 2.24) is 15.5 Å². The molecule has 2 unspecified atom stereocenters. The highest BCUT2D eigenvalue weighted by Crippen LogP contribution is 2.48. The number of rotatable bonds is 6. The molecule has 1 saturated heterocycles. The minimum atomic E-state index is 0. The van der Waals surface area contributed by atoms with Crippen molar-refractivity contribution in [1.29, 1.82) is 0 Å². The molecule has 2 N–H and O–H groups in total. The standard InChI is InChI=1S/C17H23Cl2N3O.ClH/c18-13-8-12(9-14(19)10-13)15-11-16(15)17(23)21-2-1-5-22-6-3-20-4-7-22;/h8-10,15-16,20H,1-7,11H2,(H,21,23);1H. The van der Waals surface area contributed by atoms with Gasteiger partial charge in [0.1, 0.15) is 0 Å². The van der Waals surface area contributed by atoms with Crippen LogP contribution in [0.3, 0.4) is 0 Å². The first-order valence-corrected chi connectivity index (χ1v) is 9.06. The average Bonchev–Trinajstić information content (AvgIpc) is 3.32. The van der Waals surface area contributed by atoms with E-state index in [1.54, 1.807) is 6.07 Å². The van der Waals surface area contributed by atoms with Gasteiger partial charge in [-0.3, -0.25) is 4.79 Å². The number of nitrogens with one attached hydrogen (secondary N) is 2. The third-order valence-electron chi connectivity index (χ3n) is 4.60. The molecule has 2 atom stereocenters. The number of piperazine rings is 1. The number of carbonyl (C=O) groups is 1. The molecule has 0 aromatic heterocycles. The largest absolute Gasteiger partial charge is 0.356 e. The van der Waals surface area contributed by atoms with Gasteiger partial charge in [-0.25, -0.2) is 0 Å². The van der Waals surface area contributed by atoms with E-state index < -0.39 is 0 Å². The molecule has 4 nitrogen and oxygen atoms in total. The van der Waals surface area contributed by atoms with Crippen LogP contribution in [0.15, 0.2) is 18.2 Å². The molecule has 0 bridgehead atoms. The highest BCUT2D eigenvalue weighted by molar-refractivity contribution is 6.34. The van der Waals surface area contributed by atoms with Gasteiger partial charge in [-0.1, -0.05) is 23.2 Å². The number of carbonyl (C=O) groups excluding carboxylic acids is 1. The van der Waals surface area contributed by atoms with E-state index in [4.69, 9.17) is 23.2 Å². The molecule has 0 radical (unpaired) electrons.